The van der Waals surface area contributed by atoms with E-state index in [9.17, 15) is 8.42 Å². The van der Waals surface area contributed by atoms with Crippen molar-refractivity contribution in [2.24, 2.45) is 0 Å². The molecule has 3 heterocycles. The van der Waals surface area contributed by atoms with Gasteiger partial charge in [0, 0.05) is 31.1 Å². The Morgan fingerprint density at radius 2 is 1.83 bits per heavy atom. The molecule has 1 saturated heterocycles. The minimum Gasteiger partial charge on any atom is -0.195 e. The Kier molecular flexibility index (Phi) is 3.44. The molecule has 1 aromatic heterocycles. The van der Waals surface area contributed by atoms with Crippen molar-refractivity contribution >= 4 is 21.5 Å². The molecule has 0 bridgehead atoms. The molecule has 0 amide bonds. The smallest absolute Gasteiger partial charge is 0.195 e. The van der Waals surface area contributed by atoms with Crippen LogP contribution in [0.4, 0.5) is 0 Å². The van der Waals surface area contributed by atoms with Crippen LogP contribution in [0.2, 0.25) is 0 Å². The molecule has 1 fully saturated rings. The number of rotatable bonds is 2. The molecule has 2 aliphatic heterocycles. The fourth-order valence-electron chi connectivity index (χ4n) is 2.68. The fraction of sp³-hybridized carbons (Fsp3) is 0.667. The number of hydrogen-bond donors (Lipinski definition) is 0. The van der Waals surface area contributed by atoms with Crippen molar-refractivity contribution in [1.82, 2.24) is 8.61 Å². The van der Waals surface area contributed by atoms with E-state index in [2.05, 4.69) is 11.4 Å². The molecule has 0 saturated carbocycles. The van der Waals surface area contributed by atoms with Gasteiger partial charge in [-0.05, 0) is 36.3 Å². The van der Waals surface area contributed by atoms with Gasteiger partial charge in [-0.3, -0.25) is 0 Å². The molecule has 2 aliphatic rings. The van der Waals surface area contributed by atoms with Crippen LogP contribution in [-0.4, -0.2) is 36.7 Å². The first-order chi connectivity index (χ1) is 8.68. The van der Waals surface area contributed by atoms with Gasteiger partial charge in [0.1, 0.15) is 0 Å². The molecule has 3 rings (SSSR count). The zero-order valence-electron chi connectivity index (χ0n) is 10.3. The summed E-state index contributed by atoms with van der Waals surface area (Å²) in [7, 11) is -3.23. The van der Waals surface area contributed by atoms with Crippen molar-refractivity contribution in [3.8, 4) is 0 Å². The molecule has 100 valence electrons. The van der Waals surface area contributed by atoms with Gasteiger partial charge in [-0.2, -0.15) is 17.0 Å². The van der Waals surface area contributed by atoms with Crippen LogP contribution in [0.15, 0.2) is 11.4 Å². The number of fused-ring (bicyclic) bond motifs is 1. The minimum absolute atomic E-state index is 0.553. The van der Waals surface area contributed by atoms with Gasteiger partial charge in [-0.25, -0.2) is 0 Å². The fourth-order valence-corrected chi connectivity index (χ4v) is 5.24. The van der Waals surface area contributed by atoms with Gasteiger partial charge in [0.05, 0.1) is 0 Å². The summed E-state index contributed by atoms with van der Waals surface area (Å²) in [6, 6.07) is 2.05. The second-order valence-electron chi connectivity index (χ2n) is 4.92. The summed E-state index contributed by atoms with van der Waals surface area (Å²) >= 11 is 1.74. The van der Waals surface area contributed by atoms with E-state index in [1.54, 1.807) is 19.9 Å². The highest BCUT2D eigenvalue weighted by Gasteiger charge is 2.33. The largest absolute Gasteiger partial charge is 0.282 e. The van der Waals surface area contributed by atoms with Gasteiger partial charge in [0.2, 0.25) is 0 Å². The van der Waals surface area contributed by atoms with Crippen LogP contribution in [0, 0.1) is 0 Å². The summed E-state index contributed by atoms with van der Waals surface area (Å²) in [4.78, 5) is 1.35. The molecular formula is C12H18N2O2S2. The monoisotopic (exact) mass is 286 g/mol. The summed E-state index contributed by atoms with van der Waals surface area (Å²) in [5.74, 6) is 0. The van der Waals surface area contributed by atoms with E-state index < -0.39 is 10.2 Å². The Labute approximate surface area is 112 Å². The number of piperidine rings is 1. The molecule has 6 heteroatoms. The van der Waals surface area contributed by atoms with Gasteiger partial charge in [-0.1, -0.05) is 6.42 Å². The summed E-state index contributed by atoms with van der Waals surface area (Å²) in [5, 5.41) is 2.06. The summed E-state index contributed by atoms with van der Waals surface area (Å²) < 4.78 is 28.4. The predicted molar refractivity (Wildman–Crippen MR) is 72.8 cm³/mol. The first-order valence-corrected chi connectivity index (χ1v) is 8.76. The zero-order valence-corrected chi connectivity index (χ0v) is 12.0. The van der Waals surface area contributed by atoms with E-state index in [4.69, 9.17) is 0 Å². The van der Waals surface area contributed by atoms with E-state index in [0.717, 1.165) is 25.7 Å². The lowest BCUT2D eigenvalue weighted by molar-refractivity contribution is 0.296. The quantitative estimate of drug-likeness (QED) is 0.832. The Balaban J connectivity index is 1.78. The molecule has 4 nitrogen and oxygen atoms in total. The van der Waals surface area contributed by atoms with E-state index in [1.165, 1.54) is 10.4 Å². The first-order valence-electron chi connectivity index (χ1n) is 6.48. The number of hydrogen-bond acceptors (Lipinski definition) is 3. The van der Waals surface area contributed by atoms with Crippen LogP contribution in [0.5, 0.6) is 0 Å². The van der Waals surface area contributed by atoms with Crippen LogP contribution >= 0.6 is 11.3 Å². The first kappa shape index (κ1) is 12.6. The molecule has 0 spiro atoms. The zero-order chi connectivity index (χ0) is 12.6. The van der Waals surface area contributed by atoms with Crippen LogP contribution in [0.25, 0.3) is 0 Å². The third-order valence-corrected chi connectivity index (χ3v) is 6.75. The molecule has 0 atom stereocenters. The molecule has 0 aliphatic carbocycles. The lowest BCUT2D eigenvalue weighted by atomic mass is 10.1. The Morgan fingerprint density at radius 1 is 1.06 bits per heavy atom. The SMILES string of the molecule is O=S(=O)(N1CCCCC1)N1CCc2sccc2C1. The second kappa shape index (κ2) is 4.92. The highest BCUT2D eigenvalue weighted by molar-refractivity contribution is 7.86. The molecular weight excluding hydrogens is 268 g/mol. The third kappa shape index (κ3) is 2.22. The lowest BCUT2D eigenvalue weighted by Gasteiger charge is -2.33. The summed E-state index contributed by atoms with van der Waals surface area (Å²) in [6.45, 7) is 2.56. The van der Waals surface area contributed by atoms with Crippen LogP contribution in [0.3, 0.4) is 0 Å². The molecule has 0 aromatic carbocycles. The summed E-state index contributed by atoms with van der Waals surface area (Å²) in [6.07, 6.45) is 4.01. The number of nitrogens with zero attached hydrogens (tertiary/aromatic N) is 2. The average Bonchev–Trinajstić information content (AvgIpc) is 2.87. The molecule has 18 heavy (non-hydrogen) atoms. The lowest BCUT2D eigenvalue weighted by Crippen LogP contribution is -2.47. The molecule has 0 unspecified atom stereocenters. The predicted octanol–water partition coefficient (Wildman–Crippen LogP) is 1.84. The second-order valence-corrected chi connectivity index (χ2v) is 7.85. The maximum absolute atomic E-state index is 12.5. The van der Waals surface area contributed by atoms with Gasteiger partial charge in [0.15, 0.2) is 0 Å². The third-order valence-electron chi connectivity index (χ3n) is 3.74. The highest BCUT2D eigenvalue weighted by Crippen LogP contribution is 2.27. The van der Waals surface area contributed by atoms with Crippen molar-refractivity contribution in [1.29, 1.82) is 0 Å². The Bertz CT molecular complexity index is 518. The van der Waals surface area contributed by atoms with E-state index >= 15 is 0 Å². The molecule has 0 radical (unpaired) electrons. The van der Waals surface area contributed by atoms with Crippen LogP contribution in [-0.2, 0) is 23.2 Å². The standard InChI is InChI=1S/C12H18N2O2S2/c15-18(16,13-6-2-1-3-7-13)14-8-4-12-11(10-14)5-9-17-12/h5,9H,1-4,6-8,10H2. The van der Waals surface area contributed by atoms with E-state index in [1.807, 2.05) is 0 Å². The van der Waals surface area contributed by atoms with Gasteiger partial charge >= 0.3 is 0 Å². The van der Waals surface area contributed by atoms with Crippen molar-refractivity contribution < 1.29 is 8.42 Å². The van der Waals surface area contributed by atoms with Crippen molar-refractivity contribution in [3.05, 3.63) is 21.9 Å². The van der Waals surface area contributed by atoms with E-state index in [0.29, 0.717) is 26.2 Å². The highest BCUT2D eigenvalue weighted by atomic mass is 32.2. The van der Waals surface area contributed by atoms with Crippen molar-refractivity contribution in [3.63, 3.8) is 0 Å². The van der Waals surface area contributed by atoms with Gasteiger partial charge in [-0.15, -0.1) is 11.3 Å². The van der Waals surface area contributed by atoms with Crippen LogP contribution < -0.4 is 0 Å². The maximum Gasteiger partial charge on any atom is 0.282 e. The molecule has 0 N–H and O–H groups in total. The average molecular weight is 286 g/mol. The Morgan fingerprint density at radius 3 is 2.61 bits per heavy atom. The minimum atomic E-state index is -3.23. The normalized spacial score (nSPS) is 22.9. The van der Waals surface area contributed by atoms with Crippen molar-refractivity contribution in [2.45, 2.75) is 32.2 Å². The number of thiophene rings is 1. The van der Waals surface area contributed by atoms with E-state index in [-0.39, 0.29) is 0 Å². The molecule has 1 aromatic rings. The summed E-state index contributed by atoms with van der Waals surface area (Å²) in [5.41, 5.74) is 1.19. The maximum atomic E-state index is 12.5. The van der Waals surface area contributed by atoms with Gasteiger partial charge < -0.3 is 0 Å². The topological polar surface area (TPSA) is 40.6 Å². The van der Waals surface area contributed by atoms with Crippen molar-refractivity contribution in [2.75, 3.05) is 19.6 Å². The van der Waals surface area contributed by atoms with Crippen LogP contribution in [0.1, 0.15) is 29.7 Å². The Hall–Kier alpha value is -0.430. The van der Waals surface area contributed by atoms with Gasteiger partial charge in [0.25, 0.3) is 10.2 Å².